The molecule has 0 saturated carbocycles. The normalized spacial score (nSPS) is 39.0. The van der Waals surface area contributed by atoms with Crippen LogP contribution in [-0.2, 0) is 18.9 Å². The monoisotopic (exact) mass is 230 g/mol. The van der Waals surface area contributed by atoms with E-state index in [0.717, 1.165) is 13.0 Å². The molecule has 0 aromatic carbocycles. The van der Waals surface area contributed by atoms with E-state index in [1.54, 1.807) is 7.11 Å². The largest absolute Gasteiger partial charge is 0.376 e. The van der Waals surface area contributed by atoms with Crippen LogP contribution < -0.4 is 0 Å². The van der Waals surface area contributed by atoms with Crippen molar-refractivity contribution >= 4 is 0 Å². The fourth-order valence-electron chi connectivity index (χ4n) is 2.06. The Morgan fingerprint density at radius 1 is 1.25 bits per heavy atom. The fourth-order valence-corrected chi connectivity index (χ4v) is 2.06. The van der Waals surface area contributed by atoms with Gasteiger partial charge in [-0.25, -0.2) is 0 Å². The number of rotatable bonds is 3. The Kier molecular flexibility index (Phi) is 3.54. The van der Waals surface area contributed by atoms with E-state index in [0.29, 0.717) is 6.61 Å². The zero-order valence-corrected chi connectivity index (χ0v) is 10.6. The maximum atomic E-state index is 5.92. The topological polar surface area (TPSA) is 36.9 Å². The third-order valence-corrected chi connectivity index (χ3v) is 2.95. The van der Waals surface area contributed by atoms with Crippen LogP contribution in [0.15, 0.2) is 0 Å². The van der Waals surface area contributed by atoms with Crippen LogP contribution in [0.4, 0.5) is 0 Å². The number of ether oxygens (including phenoxy) is 4. The van der Waals surface area contributed by atoms with Gasteiger partial charge in [0.25, 0.3) is 0 Å². The molecule has 0 aliphatic carbocycles. The highest BCUT2D eigenvalue weighted by Crippen LogP contribution is 2.31. The van der Waals surface area contributed by atoms with Crippen LogP contribution >= 0.6 is 0 Å². The summed E-state index contributed by atoms with van der Waals surface area (Å²) >= 11 is 0. The van der Waals surface area contributed by atoms with Crippen LogP contribution in [0.5, 0.6) is 0 Å². The predicted octanol–water partition coefficient (Wildman–Crippen LogP) is 1.58. The zero-order chi connectivity index (χ0) is 11.8. The van der Waals surface area contributed by atoms with Crippen molar-refractivity contribution in [3.63, 3.8) is 0 Å². The van der Waals surface area contributed by atoms with Crippen molar-refractivity contribution in [2.24, 2.45) is 5.41 Å². The molecule has 2 heterocycles. The summed E-state index contributed by atoms with van der Waals surface area (Å²) in [5.74, 6) is 0. The molecular weight excluding hydrogens is 208 g/mol. The summed E-state index contributed by atoms with van der Waals surface area (Å²) in [6, 6.07) is 0. The minimum atomic E-state index is -0.190. The smallest absolute Gasteiger partial charge is 0.184 e. The lowest BCUT2D eigenvalue weighted by molar-refractivity contribution is -0.202. The molecule has 0 aromatic rings. The molecule has 16 heavy (non-hydrogen) atoms. The molecular formula is C12H22O4. The van der Waals surface area contributed by atoms with Crippen LogP contribution in [-0.4, -0.2) is 44.9 Å². The highest BCUT2D eigenvalue weighted by atomic mass is 16.7. The Morgan fingerprint density at radius 3 is 2.62 bits per heavy atom. The van der Waals surface area contributed by atoms with Crippen LogP contribution in [0.3, 0.4) is 0 Å². The van der Waals surface area contributed by atoms with Gasteiger partial charge in [-0.3, -0.25) is 0 Å². The van der Waals surface area contributed by atoms with Gasteiger partial charge in [0.1, 0.15) is 12.2 Å². The van der Waals surface area contributed by atoms with Gasteiger partial charge in [-0.15, -0.1) is 0 Å². The van der Waals surface area contributed by atoms with Crippen LogP contribution in [0.1, 0.15) is 27.2 Å². The number of hydrogen-bond donors (Lipinski definition) is 0. The zero-order valence-electron chi connectivity index (χ0n) is 10.6. The second kappa shape index (κ2) is 4.61. The summed E-state index contributed by atoms with van der Waals surface area (Å²) in [4.78, 5) is 0. The molecule has 0 spiro atoms. The molecule has 4 nitrogen and oxygen atoms in total. The maximum absolute atomic E-state index is 5.92. The Bertz CT molecular complexity index is 236. The molecule has 0 amide bonds. The van der Waals surface area contributed by atoms with Gasteiger partial charge in [0, 0.05) is 13.5 Å². The van der Waals surface area contributed by atoms with E-state index in [1.165, 1.54) is 0 Å². The van der Waals surface area contributed by atoms with Gasteiger partial charge in [-0.2, -0.15) is 0 Å². The first-order valence-corrected chi connectivity index (χ1v) is 5.91. The number of hydrogen-bond acceptors (Lipinski definition) is 4. The third-order valence-electron chi connectivity index (χ3n) is 2.95. The summed E-state index contributed by atoms with van der Waals surface area (Å²) < 4.78 is 22.5. The first-order chi connectivity index (χ1) is 7.49. The molecule has 2 bridgehead atoms. The Morgan fingerprint density at radius 2 is 2.00 bits per heavy atom. The highest BCUT2D eigenvalue weighted by molar-refractivity contribution is 4.87. The molecule has 2 rings (SSSR count). The van der Waals surface area contributed by atoms with Crippen molar-refractivity contribution in [2.45, 2.75) is 51.8 Å². The minimum absolute atomic E-state index is 0.00344. The summed E-state index contributed by atoms with van der Waals surface area (Å²) in [5, 5.41) is 0. The lowest BCUT2D eigenvalue weighted by Gasteiger charge is -2.34. The van der Waals surface area contributed by atoms with E-state index < -0.39 is 0 Å². The maximum Gasteiger partial charge on any atom is 0.184 e. The first-order valence-electron chi connectivity index (χ1n) is 5.91. The van der Waals surface area contributed by atoms with Gasteiger partial charge in [0.15, 0.2) is 6.29 Å². The molecule has 2 aliphatic heterocycles. The summed E-state index contributed by atoms with van der Waals surface area (Å²) in [6.45, 7) is 7.85. The van der Waals surface area contributed by atoms with E-state index in [9.17, 15) is 0 Å². The molecule has 94 valence electrons. The lowest BCUT2D eigenvalue weighted by atomic mass is 9.98. The van der Waals surface area contributed by atoms with E-state index in [1.807, 2.05) is 0 Å². The molecule has 0 radical (unpaired) electrons. The summed E-state index contributed by atoms with van der Waals surface area (Å²) in [7, 11) is 1.69. The molecule has 2 fully saturated rings. The van der Waals surface area contributed by atoms with Gasteiger partial charge >= 0.3 is 0 Å². The van der Waals surface area contributed by atoms with Gasteiger partial charge in [-0.1, -0.05) is 20.8 Å². The van der Waals surface area contributed by atoms with Crippen molar-refractivity contribution in [1.82, 2.24) is 0 Å². The SMILES string of the molecule is CO[C@@H]1C[C@H](OCC(C)(C)C)[C@H]2CO[C@@H]1O2. The molecule has 4 heteroatoms. The van der Waals surface area contributed by atoms with Gasteiger partial charge < -0.3 is 18.9 Å². The van der Waals surface area contributed by atoms with Crippen LogP contribution in [0.2, 0.25) is 0 Å². The van der Waals surface area contributed by atoms with E-state index in [4.69, 9.17) is 18.9 Å². The number of fused-ring (bicyclic) bond motifs is 2. The number of methoxy groups -OCH3 is 1. The van der Waals surface area contributed by atoms with Gasteiger partial charge in [0.05, 0.1) is 19.3 Å². The standard InChI is InChI=1S/C12H22O4/c1-12(2,3)7-15-8-5-9(13-4)11-14-6-10(8)16-11/h8-11H,5-7H2,1-4H3/t8-,9+,10+,11+/m0/s1. The quantitative estimate of drug-likeness (QED) is 0.737. The van der Waals surface area contributed by atoms with E-state index >= 15 is 0 Å². The molecule has 4 atom stereocenters. The molecule has 0 N–H and O–H groups in total. The second-order valence-electron chi connectivity index (χ2n) is 5.80. The molecule has 2 aliphatic rings. The van der Waals surface area contributed by atoms with Gasteiger partial charge in [0.2, 0.25) is 0 Å². The summed E-state index contributed by atoms with van der Waals surface area (Å²) in [6.07, 6.45) is 0.858. The van der Waals surface area contributed by atoms with Crippen molar-refractivity contribution in [3.8, 4) is 0 Å². The molecule has 2 saturated heterocycles. The fraction of sp³-hybridized carbons (Fsp3) is 1.00. The third kappa shape index (κ3) is 2.74. The van der Waals surface area contributed by atoms with Crippen LogP contribution in [0, 0.1) is 5.41 Å². The lowest BCUT2D eigenvalue weighted by Crippen LogP contribution is -2.44. The Labute approximate surface area is 97.2 Å². The van der Waals surface area contributed by atoms with Crippen LogP contribution in [0.25, 0.3) is 0 Å². The van der Waals surface area contributed by atoms with Crippen molar-refractivity contribution in [1.29, 1.82) is 0 Å². The van der Waals surface area contributed by atoms with Crippen molar-refractivity contribution in [3.05, 3.63) is 0 Å². The van der Waals surface area contributed by atoms with E-state index in [-0.39, 0.29) is 30.0 Å². The molecule has 0 unspecified atom stereocenters. The van der Waals surface area contributed by atoms with Crippen molar-refractivity contribution < 1.29 is 18.9 Å². The average molecular weight is 230 g/mol. The minimum Gasteiger partial charge on any atom is -0.376 e. The Hall–Kier alpha value is -0.160. The molecule has 0 aromatic heterocycles. The van der Waals surface area contributed by atoms with Gasteiger partial charge in [-0.05, 0) is 5.41 Å². The predicted molar refractivity (Wildman–Crippen MR) is 59.2 cm³/mol. The first kappa shape index (κ1) is 12.3. The summed E-state index contributed by atoms with van der Waals surface area (Å²) in [5.41, 5.74) is 0.179. The average Bonchev–Trinajstić information content (AvgIpc) is 2.61. The van der Waals surface area contributed by atoms with Crippen molar-refractivity contribution in [2.75, 3.05) is 20.3 Å². The van der Waals surface area contributed by atoms with E-state index in [2.05, 4.69) is 20.8 Å². The Balaban J connectivity index is 1.89. The second-order valence-corrected chi connectivity index (χ2v) is 5.80. The highest BCUT2D eigenvalue weighted by Gasteiger charge is 2.45.